The zero-order chi connectivity index (χ0) is 15.2. The van der Waals surface area contributed by atoms with Gasteiger partial charge < -0.3 is 4.74 Å². The molecule has 0 radical (unpaired) electrons. The Balaban J connectivity index is 1.69. The molecule has 1 N–H and O–H groups in total. The Hall–Kier alpha value is -1.93. The lowest BCUT2D eigenvalue weighted by atomic mass is 10.1. The number of ether oxygens (including phenoxy) is 1. The minimum atomic E-state index is -3.28. The van der Waals surface area contributed by atoms with Crippen LogP contribution < -0.4 is 4.72 Å². The number of sulfonamides is 1. The van der Waals surface area contributed by atoms with Crippen LogP contribution in [0.3, 0.4) is 0 Å². The van der Waals surface area contributed by atoms with Crippen molar-refractivity contribution in [3.63, 3.8) is 0 Å². The molecule has 4 rings (SSSR count). The number of benzene rings is 1. The molecule has 0 saturated carbocycles. The highest BCUT2D eigenvalue weighted by Gasteiger charge is 2.27. The maximum Gasteiger partial charge on any atom is 0.237 e. The number of nitrogens with one attached hydrogen (secondary N) is 1. The van der Waals surface area contributed by atoms with E-state index >= 15 is 0 Å². The average molecular weight is 320 g/mol. The molecule has 0 bridgehead atoms. The van der Waals surface area contributed by atoms with E-state index in [0.717, 1.165) is 37.0 Å². The van der Waals surface area contributed by atoms with E-state index in [4.69, 9.17) is 4.74 Å². The summed E-state index contributed by atoms with van der Waals surface area (Å²) < 4.78 is 31.8. The predicted octanol–water partition coefficient (Wildman–Crippen LogP) is 1.90. The number of hydrogen-bond donors (Lipinski definition) is 1. The van der Waals surface area contributed by atoms with Gasteiger partial charge in [0.2, 0.25) is 10.0 Å². The Bertz CT molecular complexity index is 809. The Kier molecular flexibility index (Phi) is 3.16. The van der Waals surface area contributed by atoms with Crippen molar-refractivity contribution in [2.45, 2.75) is 31.2 Å². The van der Waals surface area contributed by atoms with E-state index in [1.165, 1.54) is 0 Å². The first kappa shape index (κ1) is 13.7. The van der Waals surface area contributed by atoms with Gasteiger partial charge in [0.15, 0.2) is 6.23 Å². The summed E-state index contributed by atoms with van der Waals surface area (Å²) in [6.45, 7) is 0.724. The van der Waals surface area contributed by atoms with Gasteiger partial charge in [0.25, 0.3) is 0 Å². The van der Waals surface area contributed by atoms with Crippen LogP contribution in [0.2, 0.25) is 0 Å². The average Bonchev–Trinajstić information content (AvgIpc) is 3.10. The third-order valence-corrected chi connectivity index (χ3v) is 5.16. The molecule has 1 saturated heterocycles. The van der Waals surface area contributed by atoms with Gasteiger partial charge in [-0.25, -0.2) is 8.42 Å². The molecule has 7 nitrogen and oxygen atoms in total. The van der Waals surface area contributed by atoms with Crippen molar-refractivity contribution >= 4 is 15.7 Å². The molecule has 116 valence electrons. The first-order chi connectivity index (χ1) is 10.6. The molecule has 3 heterocycles. The number of nitrogens with zero attached hydrogens (tertiary/aromatic N) is 3. The van der Waals surface area contributed by atoms with Gasteiger partial charge in [-0.2, -0.15) is 15.0 Å². The monoisotopic (exact) mass is 320 g/mol. The molecule has 2 aliphatic rings. The van der Waals surface area contributed by atoms with E-state index in [9.17, 15) is 8.42 Å². The normalized spacial score (nSPS) is 23.0. The maximum absolute atomic E-state index is 11.8. The molecule has 1 unspecified atom stereocenters. The van der Waals surface area contributed by atoms with Crippen LogP contribution >= 0.6 is 0 Å². The highest BCUT2D eigenvalue weighted by molar-refractivity contribution is 7.92. The largest absolute Gasteiger partial charge is 0.355 e. The van der Waals surface area contributed by atoms with Crippen LogP contribution in [0.15, 0.2) is 24.4 Å². The van der Waals surface area contributed by atoms with Gasteiger partial charge in [-0.15, -0.1) is 0 Å². The van der Waals surface area contributed by atoms with Gasteiger partial charge >= 0.3 is 0 Å². The molecule has 2 aromatic rings. The highest BCUT2D eigenvalue weighted by atomic mass is 32.2. The molecule has 1 aromatic carbocycles. The van der Waals surface area contributed by atoms with Crippen molar-refractivity contribution < 1.29 is 13.2 Å². The van der Waals surface area contributed by atoms with E-state index in [2.05, 4.69) is 14.9 Å². The fourth-order valence-corrected chi connectivity index (χ4v) is 4.17. The lowest BCUT2D eigenvalue weighted by molar-refractivity contribution is -0.0479. The second-order valence-electron chi connectivity index (χ2n) is 5.57. The van der Waals surface area contributed by atoms with E-state index < -0.39 is 10.0 Å². The maximum atomic E-state index is 11.8. The lowest BCUT2D eigenvalue weighted by Gasteiger charge is -2.21. The summed E-state index contributed by atoms with van der Waals surface area (Å²) in [5, 5.41) is 8.76. The minimum Gasteiger partial charge on any atom is -0.355 e. The number of anilines is 1. The molecule has 0 aliphatic carbocycles. The van der Waals surface area contributed by atoms with E-state index in [1.807, 2.05) is 18.2 Å². The van der Waals surface area contributed by atoms with Crippen LogP contribution in [0.5, 0.6) is 0 Å². The number of rotatable bonds is 2. The number of hydrogen-bond acceptors (Lipinski definition) is 5. The summed E-state index contributed by atoms with van der Waals surface area (Å²) in [5.74, 6) is 0.00997. The van der Waals surface area contributed by atoms with Crippen molar-refractivity contribution in [1.29, 1.82) is 0 Å². The van der Waals surface area contributed by atoms with Gasteiger partial charge in [-0.05, 0) is 24.8 Å². The molecule has 1 atom stereocenters. The van der Waals surface area contributed by atoms with Crippen LogP contribution in [0.4, 0.5) is 5.69 Å². The second-order valence-corrected chi connectivity index (χ2v) is 7.29. The number of para-hydroxylation sites is 1. The van der Waals surface area contributed by atoms with E-state index in [1.54, 1.807) is 11.0 Å². The summed E-state index contributed by atoms with van der Waals surface area (Å²) in [6.07, 6.45) is 4.59. The molecule has 0 spiro atoms. The summed E-state index contributed by atoms with van der Waals surface area (Å²) in [6, 6.07) is 5.50. The molecule has 2 aliphatic heterocycles. The molecule has 1 fully saturated rings. The van der Waals surface area contributed by atoms with Gasteiger partial charge in [0, 0.05) is 12.2 Å². The third kappa shape index (κ3) is 2.38. The van der Waals surface area contributed by atoms with Gasteiger partial charge in [0.05, 0.1) is 17.6 Å². The van der Waals surface area contributed by atoms with Crippen LogP contribution in [-0.4, -0.2) is 30.0 Å². The minimum absolute atomic E-state index is 0.00997. The fourth-order valence-electron chi connectivity index (χ4n) is 2.89. The molecule has 8 heteroatoms. The lowest BCUT2D eigenvalue weighted by Crippen LogP contribution is -2.20. The summed E-state index contributed by atoms with van der Waals surface area (Å²) >= 11 is 0. The van der Waals surface area contributed by atoms with Crippen LogP contribution in [-0.2, 0) is 20.5 Å². The summed E-state index contributed by atoms with van der Waals surface area (Å²) in [4.78, 5) is 1.58. The van der Waals surface area contributed by atoms with Gasteiger partial charge in [-0.1, -0.05) is 18.2 Å². The van der Waals surface area contributed by atoms with Crippen molar-refractivity contribution in [2.24, 2.45) is 0 Å². The predicted molar refractivity (Wildman–Crippen MR) is 80.5 cm³/mol. The smallest absolute Gasteiger partial charge is 0.237 e. The molecule has 22 heavy (non-hydrogen) atoms. The fraction of sp³-hybridized carbons (Fsp3) is 0.429. The molecule has 0 amide bonds. The topological polar surface area (TPSA) is 86.1 Å². The molecule has 1 aromatic heterocycles. The summed E-state index contributed by atoms with van der Waals surface area (Å²) in [5.41, 5.74) is 2.77. The van der Waals surface area contributed by atoms with Crippen molar-refractivity contribution in [3.05, 3.63) is 30.0 Å². The standard InChI is InChI=1S/C14H16N4O3S/c19-22(20)9-10-4-3-5-11(14(10)17-22)12-8-15-18(16-12)13-6-1-2-7-21-13/h3-5,8,13,17H,1-2,6-7,9H2. The quantitative estimate of drug-likeness (QED) is 0.913. The Morgan fingerprint density at radius 2 is 2.23 bits per heavy atom. The first-order valence-corrected chi connectivity index (χ1v) is 8.94. The summed E-state index contributed by atoms with van der Waals surface area (Å²) in [7, 11) is -3.28. The van der Waals surface area contributed by atoms with Gasteiger partial charge in [0.1, 0.15) is 5.69 Å². The van der Waals surface area contributed by atoms with Crippen molar-refractivity contribution in [3.8, 4) is 11.3 Å². The third-order valence-electron chi connectivity index (χ3n) is 3.95. The van der Waals surface area contributed by atoms with Gasteiger partial charge in [-0.3, -0.25) is 4.72 Å². The highest BCUT2D eigenvalue weighted by Crippen LogP contribution is 2.36. The van der Waals surface area contributed by atoms with E-state index in [0.29, 0.717) is 11.4 Å². The Morgan fingerprint density at radius 3 is 3.05 bits per heavy atom. The number of aromatic nitrogens is 3. The van der Waals surface area contributed by atoms with Crippen molar-refractivity contribution in [1.82, 2.24) is 15.0 Å². The number of fused-ring (bicyclic) bond motifs is 1. The van der Waals surface area contributed by atoms with Crippen LogP contribution in [0, 0.1) is 0 Å². The zero-order valence-electron chi connectivity index (χ0n) is 11.9. The van der Waals surface area contributed by atoms with Crippen LogP contribution in [0.25, 0.3) is 11.3 Å². The Labute approximate surface area is 128 Å². The second kappa shape index (κ2) is 5.06. The Morgan fingerprint density at radius 1 is 1.32 bits per heavy atom. The molecular weight excluding hydrogens is 304 g/mol. The SMILES string of the molecule is O=S1(=O)Cc2cccc(-c3cnn(C4CCCCO4)n3)c2N1. The zero-order valence-corrected chi connectivity index (χ0v) is 12.7. The molecular formula is C14H16N4O3S. The van der Waals surface area contributed by atoms with E-state index in [-0.39, 0.29) is 12.0 Å². The van der Waals surface area contributed by atoms with Crippen molar-refractivity contribution in [2.75, 3.05) is 11.3 Å². The van der Waals surface area contributed by atoms with Crippen LogP contribution in [0.1, 0.15) is 31.1 Å². The first-order valence-electron chi connectivity index (χ1n) is 7.29.